The number of anilines is 1. The van der Waals surface area contributed by atoms with E-state index in [1.165, 1.54) is 32.0 Å². The van der Waals surface area contributed by atoms with Crippen LogP contribution in [-0.4, -0.2) is 19.6 Å². The predicted octanol–water partition coefficient (Wildman–Crippen LogP) is 4.71. The van der Waals surface area contributed by atoms with E-state index in [0.29, 0.717) is 12.1 Å². The second-order valence-corrected chi connectivity index (χ2v) is 9.76. The molecular weight excluding hydrogens is 452 g/mol. The molecule has 2 rings (SSSR count). The second kappa shape index (κ2) is 8.41. The van der Waals surface area contributed by atoms with Gasteiger partial charge in [0, 0.05) is 11.6 Å². The summed E-state index contributed by atoms with van der Waals surface area (Å²) in [5, 5.41) is 1.46. The van der Waals surface area contributed by atoms with E-state index in [2.05, 4.69) is 5.32 Å². The third kappa shape index (κ3) is 5.15. The van der Waals surface area contributed by atoms with E-state index in [1.54, 1.807) is 0 Å². The molecule has 0 aliphatic rings. The maximum absolute atomic E-state index is 13.0. The molecule has 0 atom stereocenters. The van der Waals surface area contributed by atoms with Crippen LogP contribution in [0.2, 0.25) is 10.0 Å². The summed E-state index contributed by atoms with van der Waals surface area (Å²) in [6.45, 7) is 2.70. The van der Waals surface area contributed by atoms with Gasteiger partial charge in [-0.1, -0.05) is 23.2 Å². The number of alkyl halides is 3. The number of nitrogens with one attached hydrogen (secondary N) is 1. The quantitative estimate of drug-likeness (QED) is 0.621. The van der Waals surface area contributed by atoms with Gasteiger partial charge in [0.2, 0.25) is 0 Å². The first-order chi connectivity index (χ1) is 13.2. The largest absolute Gasteiger partial charge is 0.416 e. The first-order valence-electron chi connectivity index (χ1n) is 8.22. The molecule has 11 heteroatoms. The molecule has 3 N–H and O–H groups in total. The van der Waals surface area contributed by atoms with Gasteiger partial charge in [0.15, 0.2) is 9.84 Å². The number of benzene rings is 2. The number of nitrogen functional groups attached to an aromatic ring is 1. The van der Waals surface area contributed by atoms with E-state index in [-0.39, 0.29) is 27.7 Å². The van der Waals surface area contributed by atoms with Crippen LogP contribution in [0.15, 0.2) is 35.2 Å². The van der Waals surface area contributed by atoms with Crippen LogP contribution in [0.4, 0.5) is 18.9 Å². The van der Waals surface area contributed by atoms with Crippen LogP contribution in [-0.2, 0) is 22.6 Å². The molecule has 0 aliphatic heterocycles. The number of halogens is 5. The molecule has 0 spiro atoms. The molecule has 0 radical (unpaired) electrons. The van der Waals surface area contributed by atoms with Crippen LogP contribution >= 0.6 is 23.2 Å². The minimum atomic E-state index is -4.72. The van der Waals surface area contributed by atoms with E-state index in [9.17, 15) is 26.4 Å². The fourth-order valence-corrected chi connectivity index (χ4v) is 4.13. The highest BCUT2D eigenvalue weighted by atomic mass is 35.5. The van der Waals surface area contributed by atoms with Gasteiger partial charge in [-0.05, 0) is 49.7 Å². The summed E-state index contributed by atoms with van der Waals surface area (Å²) < 4.78 is 64.0. The van der Waals surface area contributed by atoms with Crippen LogP contribution < -0.4 is 11.1 Å². The van der Waals surface area contributed by atoms with Gasteiger partial charge in [0.25, 0.3) is 5.91 Å². The van der Waals surface area contributed by atoms with E-state index in [0.717, 1.165) is 0 Å². The fraction of sp³-hybridized carbons (Fsp3) is 0.278. The molecule has 1 amide bonds. The highest BCUT2D eigenvalue weighted by Crippen LogP contribution is 2.35. The van der Waals surface area contributed by atoms with Crippen LogP contribution in [0.25, 0.3) is 0 Å². The smallest absolute Gasteiger partial charge is 0.397 e. The van der Waals surface area contributed by atoms with Gasteiger partial charge in [0.05, 0.1) is 32.0 Å². The standard InChI is InChI=1S/C18H17Cl2F3N2O3S/c1-9(2)29(27,28)15-4-3-12(19)5-10(15)8-25-17(26)13-6-11(18(21,22)23)7-14(20)16(13)24/h3-7,9H,8,24H2,1-2H3,(H,25,26). The third-order valence-corrected chi connectivity index (χ3v) is 6.89. The zero-order valence-corrected chi connectivity index (χ0v) is 17.6. The third-order valence-electron chi connectivity index (χ3n) is 4.09. The van der Waals surface area contributed by atoms with Gasteiger partial charge in [0.1, 0.15) is 0 Å². The molecule has 0 aromatic heterocycles. The Morgan fingerprint density at radius 3 is 2.34 bits per heavy atom. The molecular formula is C18H17Cl2F3N2O3S. The van der Waals surface area contributed by atoms with Crippen LogP contribution in [0.3, 0.4) is 0 Å². The fourth-order valence-electron chi connectivity index (χ4n) is 2.46. The van der Waals surface area contributed by atoms with Crippen LogP contribution in [0.1, 0.15) is 35.3 Å². The van der Waals surface area contributed by atoms with Crippen molar-refractivity contribution in [2.45, 2.75) is 36.7 Å². The van der Waals surface area contributed by atoms with Gasteiger partial charge in [-0.3, -0.25) is 4.79 Å². The lowest BCUT2D eigenvalue weighted by molar-refractivity contribution is -0.137. The van der Waals surface area contributed by atoms with Crippen molar-refractivity contribution in [3.05, 3.63) is 57.1 Å². The van der Waals surface area contributed by atoms with Crippen molar-refractivity contribution >= 4 is 44.6 Å². The maximum Gasteiger partial charge on any atom is 0.416 e. The number of amides is 1. The zero-order valence-electron chi connectivity index (χ0n) is 15.3. The Bertz CT molecular complexity index is 1060. The molecule has 5 nitrogen and oxygen atoms in total. The number of hydrogen-bond donors (Lipinski definition) is 2. The van der Waals surface area contributed by atoms with Crippen molar-refractivity contribution in [2.75, 3.05) is 5.73 Å². The number of hydrogen-bond acceptors (Lipinski definition) is 4. The number of carbonyl (C=O) groups is 1. The summed E-state index contributed by atoms with van der Waals surface area (Å²) in [7, 11) is -3.68. The monoisotopic (exact) mass is 468 g/mol. The van der Waals surface area contributed by atoms with E-state index >= 15 is 0 Å². The van der Waals surface area contributed by atoms with Crippen molar-refractivity contribution in [1.29, 1.82) is 0 Å². The van der Waals surface area contributed by atoms with Gasteiger partial charge in [-0.25, -0.2) is 8.42 Å². The normalized spacial score (nSPS) is 12.3. The summed E-state index contributed by atoms with van der Waals surface area (Å²) in [5.74, 6) is -0.941. The van der Waals surface area contributed by atoms with Crippen LogP contribution in [0, 0.1) is 0 Å². The van der Waals surface area contributed by atoms with E-state index in [1.807, 2.05) is 0 Å². The zero-order chi connectivity index (χ0) is 22.1. The van der Waals surface area contributed by atoms with Gasteiger partial charge >= 0.3 is 6.18 Å². The van der Waals surface area contributed by atoms with Crippen molar-refractivity contribution in [3.8, 4) is 0 Å². The summed E-state index contributed by atoms with van der Waals surface area (Å²) in [6, 6.07) is 5.28. The first-order valence-corrected chi connectivity index (χ1v) is 10.5. The second-order valence-electron chi connectivity index (χ2n) is 6.45. The minimum Gasteiger partial charge on any atom is -0.397 e. The molecule has 158 valence electrons. The Labute approximate surface area is 175 Å². The number of rotatable bonds is 5. The van der Waals surface area contributed by atoms with Gasteiger partial charge in [-0.2, -0.15) is 13.2 Å². The highest BCUT2D eigenvalue weighted by molar-refractivity contribution is 7.92. The number of carbonyl (C=O) groups excluding carboxylic acids is 1. The molecule has 0 aliphatic carbocycles. The van der Waals surface area contributed by atoms with Gasteiger partial charge < -0.3 is 11.1 Å². The van der Waals surface area contributed by atoms with Crippen LogP contribution in [0.5, 0.6) is 0 Å². The lowest BCUT2D eigenvalue weighted by Gasteiger charge is -2.16. The molecule has 2 aromatic rings. The molecule has 0 unspecified atom stereocenters. The average molecular weight is 469 g/mol. The number of sulfone groups is 1. The van der Waals surface area contributed by atoms with Crippen molar-refractivity contribution in [2.24, 2.45) is 0 Å². The number of nitrogens with two attached hydrogens (primary N) is 1. The summed E-state index contributed by atoms with van der Waals surface area (Å²) in [4.78, 5) is 12.4. The molecule has 0 saturated carbocycles. The predicted molar refractivity (Wildman–Crippen MR) is 106 cm³/mol. The highest BCUT2D eigenvalue weighted by Gasteiger charge is 2.33. The van der Waals surface area contributed by atoms with E-state index in [4.69, 9.17) is 28.9 Å². The molecule has 0 heterocycles. The SMILES string of the molecule is CC(C)S(=O)(=O)c1ccc(Cl)cc1CNC(=O)c1cc(C(F)(F)F)cc(Cl)c1N. The summed E-state index contributed by atoms with van der Waals surface area (Å²) in [5.41, 5.74) is 3.92. The Hall–Kier alpha value is -1.97. The molecule has 0 fully saturated rings. The van der Waals surface area contributed by atoms with Gasteiger partial charge in [-0.15, -0.1) is 0 Å². The van der Waals surface area contributed by atoms with Crippen molar-refractivity contribution < 1.29 is 26.4 Å². The lowest BCUT2D eigenvalue weighted by Crippen LogP contribution is -2.26. The topological polar surface area (TPSA) is 89.3 Å². The average Bonchev–Trinajstić information content (AvgIpc) is 2.60. The Balaban J connectivity index is 2.38. The summed E-state index contributed by atoms with van der Waals surface area (Å²) >= 11 is 11.7. The summed E-state index contributed by atoms with van der Waals surface area (Å²) in [6.07, 6.45) is -4.72. The maximum atomic E-state index is 13.0. The van der Waals surface area contributed by atoms with Crippen molar-refractivity contribution in [3.63, 3.8) is 0 Å². The Morgan fingerprint density at radius 2 is 1.79 bits per heavy atom. The van der Waals surface area contributed by atoms with Crippen molar-refractivity contribution in [1.82, 2.24) is 5.32 Å². The Morgan fingerprint density at radius 1 is 1.17 bits per heavy atom. The Kier molecular flexibility index (Phi) is 6.76. The van der Waals surface area contributed by atoms with E-state index < -0.39 is 43.3 Å². The lowest BCUT2D eigenvalue weighted by atomic mass is 10.1. The molecule has 2 aromatic carbocycles. The molecule has 0 bridgehead atoms. The molecule has 29 heavy (non-hydrogen) atoms. The molecule has 0 saturated heterocycles. The first kappa shape index (κ1) is 23.3. The minimum absolute atomic E-state index is 0.0350.